The zero-order valence-corrected chi connectivity index (χ0v) is 37.3. The third-order valence-electron chi connectivity index (χ3n) is 11.3. The zero-order chi connectivity index (χ0) is 44.1. The summed E-state index contributed by atoms with van der Waals surface area (Å²) in [5.74, 6) is -1.09. The number of carbonyl (C=O) groups is 4. The van der Waals surface area contributed by atoms with E-state index in [4.69, 9.17) is 10.5 Å². The molecule has 1 aliphatic rings. The number of aromatic nitrogens is 1. The van der Waals surface area contributed by atoms with Crippen LogP contribution in [0.3, 0.4) is 0 Å². The maximum atomic E-state index is 15.2. The van der Waals surface area contributed by atoms with Crippen LogP contribution in [0, 0.1) is 6.92 Å². The average molecular weight is 876 g/mol. The number of nitrogens with two attached hydrogens (primary N) is 1. The molecule has 1 saturated heterocycles. The molecule has 0 radical (unpaired) electrons. The number of nitrogens with one attached hydrogen (secondary N) is 2. The Balaban J connectivity index is 1.27. The van der Waals surface area contributed by atoms with E-state index in [9.17, 15) is 19.5 Å². The second kappa shape index (κ2) is 21.5. The molecule has 11 nitrogen and oxygen atoms in total. The summed E-state index contributed by atoms with van der Waals surface area (Å²) in [6.07, 6.45) is 2.25. The van der Waals surface area contributed by atoms with Crippen LogP contribution in [-0.4, -0.2) is 74.9 Å². The van der Waals surface area contributed by atoms with Gasteiger partial charge in [0.25, 0.3) is 0 Å². The van der Waals surface area contributed by atoms with E-state index < -0.39 is 39.7 Å². The van der Waals surface area contributed by atoms with Crippen LogP contribution in [0.4, 0.5) is 4.79 Å². The molecule has 5 aromatic rings. The standard InChI is InChI=1S/C49H57N5O6S2/c1-34-43(61-33-52-34)36-27-25-35(26-28-36)31-51-45(57)41-30-40(55)32-54(41)46(58)44(53-42(56)24-16-5-4-6-17-29-60-47(50)59)48(2,3)62-49(37-18-10-7-11-19-37,38-20-12-8-13-21-38)39-22-14-9-15-23-39/h7-15,18-23,25-28,33,40-41,44,55H,4-6,16-17,24,29-32H2,1-3H3,(H2,50,59)(H,51,57)(H,53,56)/t40-,41+,44?/m1/s1. The number of unbranched alkanes of at least 4 members (excludes halogenated alkanes) is 4. The van der Waals surface area contributed by atoms with Gasteiger partial charge in [-0.1, -0.05) is 135 Å². The average Bonchev–Trinajstić information content (AvgIpc) is 3.90. The maximum absolute atomic E-state index is 15.2. The van der Waals surface area contributed by atoms with Gasteiger partial charge in [-0.15, -0.1) is 23.1 Å². The van der Waals surface area contributed by atoms with Gasteiger partial charge in [0.15, 0.2) is 0 Å². The van der Waals surface area contributed by atoms with Gasteiger partial charge in [0.2, 0.25) is 17.7 Å². The zero-order valence-electron chi connectivity index (χ0n) is 35.6. The number of primary amides is 1. The molecule has 13 heteroatoms. The lowest BCUT2D eigenvalue weighted by atomic mass is 9.84. The SMILES string of the molecule is Cc1ncsc1-c1ccc(CNC(=O)[C@@H]2C[C@@H](O)CN2C(=O)C(NC(=O)CCCCCCCOC(N)=O)C(C)(C)SC(c2ccccc2)(c2ccccc2)c2ccccc2)cc1. The van der Waals surface area contributed by atoms with Gasteiger partial charge in [0, 0.05) is 30.7 Å². The van der Waals surface area contributed by atoms with Crippen LogP contribution in [0.25, 0.3) is 10.4 Å². The second-order valence-electron chi connectivity index (χ2n) is 16.2. The van der Waals surface area contributed by atoms with Crippen LogP contribution in [0.15, 0.2) is 121 Å². The van der Waals surface area contributed by atoms with Gasteiger partial charge in [-0.2, -0.15) is 0 Å². The number of amides is 4. The number of aliphatic hydroxyl groups is 1. The molecule has 2 heterocycles. The fourth-order valence-electron chi connectivity index (χ4n) is 8.14. The lowest BCUT2D eigenvalue weighted by Gasteiger charge is -2.45. The van der Waals surface area contributed by atoms with E-state index in [1.807, 2.05) is 105 Å². The molecule has 1 unspecified atom stereocenters. The first-order valence-corrected chi connectivity index (χ1v) is 22.9. The van der Waals surface area contributed by atoms with Crippen LogP contribution >= 0.6 is 23.1 Å². The smallest absolute Gasteiger partial charge is 0.404 e. The van der Waals surface area contributed by atoms with E-state index in [-0.39, 0.29) is 44.4 Å². The molecular weight excluding hydrogens is 819 g/mol. The molecular formula is C49H57N5O6S2. The van der Waals surface area contributed by atoms with E-state index >= 15 is 4.79 Å². The third-order valence-corrected chi connectivity index (χ3v) is 14.0. The maximum Gasteiger partial charge on any atom is 0.404 e. The van der Waals surface area contributed by atoms with Gasteiger partial charge >= 0.3 is 6.09 Å². The summed E-state index contributed by atoms with van der Waals surface area (Å²) < 4.78 is 2.99. The van der Waals surface area contributed by atoms with Gasteiger partial charge in [-0.25, -0.2) is 9.78 Å². The number of aryl methyl sites for hydroxylation is 1. The number of benzene rings is 4. The molecule has 5 N–H and O–H groups in total. The highest BCUT2D eigenvalue weighted by atomic mass is 32.2. The van der Waals surface area contributed by atoms with Gasteiger partial charge in [-0.05, 0) is 61.4 Å². The summed E-state index contributed by atoms with van der Waals surface area (Å²) in [6, 6.07) is 36.4. The van der Waals surface area contributed by atoms with Gasteiger partial charge in [0.05, 0.1) is 33.5 Å². The number of hydrogen-bond donors (Lipinski definition) is 4. The van der Waals surface area contributed by atoms with Crippen molar-refractivity contribution < 1.29 is 29.0 Å². The highest BCUT2D eigenvalue weighted by molar-refractivity contribution is 8.02. The summed E-state index contributed by atoms with van der Waals surface area (Å²) in [4.78, 5) is 61.0. The van der Waals surface area contributed by atoms with E-state index in [1.54, 1.807) is 23.1 Å². The Morgan fingerprint density at radius 2 is 1.42 bits per heavy atom. The Morgan fingerprint density at radius 1 is 0.855 bits per heavy atom. The van der Waals surface area contributed by atoms with Crippen molar-refractivity contribution in [3.05, 3.63) is 149 Å². The van der Waals surface area contributed by atoms with Crippen molar-refractivity contribution in [3.8, 4) is 10.4 Å². The monoisotopic (exact) mass is 875 g/mol. The Hall–Kier alpha value is -5.50. The summed E-state index contributed by atoms with van der Waals surface area (Å²) in [7, 11) is 0. The molecule has 0 saturated carbocycles. The van der Waals surface area contributed by atoms with Crippen LogP contribution in [0.1, 0.15) is 86.7 Å². The number of likely N-dealkylation sites (tertiary alicyclic amines) is 1. The van der Waals surface area contributed by atoms with Crippen LogP contribution < -0.4 is 16.4 Å². The lowest BCUT2D eigenvalue weighted by Crippen LogP contribution is -2.60. The number of hydrogen-bond acceptors (Lipinski definition) is 9. The summed E-state index contributed by atoms with van der Waals surface area (Å²) in [6.45, 7) is 6.36. The predicted octanol–water partition coefficient (Wildman–Crippen LogP) is 8.12. The first-order valence-electron chi connectivity index (χ1n) is 21.2. The number of aliphatic hydroxyl groups excluding tert-OH is 1. The molecule has 1 aromatic heterocycles. The number of thiazole rings is 1. The Morgan fingerprint density at radius 3 is 1.97 bits per heavy atom. The number of thioether (sulfide) groups is 1. The largest absolute Gasteiger partial charge is 0.450 e. The molecule has 326 valence electrons. The first-order chi connectivity index (χ1) is 29.9. The summed E-state index contributed by atoms with van der Waals surface area (Å²) in [5, 5.41) is 17.2. The van der Waals surface area contributed by atoms with Crippen molar-refractivity contribution in [1.29, 1.82) is 0 Å². The Bertz CT molecular complexity index is 2140. The highest BCUT2D eigenvalue weighted by Gasteiger charge is 2.50. The Kier molecular flexibility index (Phi) is 16.0. The fraction of sp³-hybridized carbons (Fsp3) is 0.367. The van der Waals surface area contributed by atoms with Crippen LogP contribution in [0.2, 0.25) is 0 Å². The highest BCUT2D eigenvalue weighted by Crippen LogP contribution is 2.54. The predicted molar refractivity (Wildman–Crippen MR) is 246 cm³/mol. The van der Waals surface area contributed by atoms with E-state index in [0.29, 0.717) is 12.8 Å². The summed E-state index contributed by atoms with van der Waals surface area (Å²) in [5.41, 5.74) is 12.8. The van der Waals surface area contributed by atoms with Crippen molar-refractivity contribution in [2.45, 2.75) is 99.9 Å². The van der Waals surface area contributed by atoms with Crippen molar-refractivity contribution >= 4 is 46.9 Å². The number of nitrogens with zero attached hydrogens (tertiary/aromatic N) is 2. The molecule has 6 rings (SSSR count). The number of β-amino-alcohol motifs (C(OH)–C–C–N with tert-alkyl or cyclic N) is 1. The third kappa shape index (κ3) is 11.5. The minimum absolute atomic E-state index is 0.0480. The number of carbonyl (C=O) groups excluding carboxylic acids is 4. The van der Waals surface area contributed by atoms with Crippen molar-refractivity contribution in [1.82, 2.24) is 20.5 Å². The fourth-order valence-corrected chi connectivity index (χ4v) is 10.8. The minimum Gasteiger partial charge on any atom is -0.450 e. The van der Waals surface area contributed by atoms with E-state index in [1.165, 1.54) is 4.90 Å². The quantitative estimate of drug-likeness (QED) is 0.0450. The topological polar surface area (TPSA) is 164 Å². The van der Waals surface area contributed by atoms with Gasteiger partial charge in [0.1, 0.15) is 12.1 Å². The lowest BCUT2D eigenvalue weighted by molar-refractivity contribution is -0.142. The molecule has 1 aliphatic heterocycles. The normalized spacial score (nSPS) is 15.8. The summed E-state index contributed by atoms with van der Waals surface area (Å²) >= 11 is 3.15. The van der Waals surface area contributed by atoms with Gasteiger partial charge in [-0.3, -0.25) is 14.4 Å². The first kappa shape index (κ1) is 46.0. The Labute approximate surface area is 372 Å². The van der Waals surface area contributed by atoms with Crippen molar-refractivity contribution in [2.24, 2.45) is 5.73 Å². The molecule has 1 fully saturated rings. The molecule has 0 aliphatic carbocycles. The molecule has 4 aromatic carbocycles. The van der Waals surface area contributed by atoms with E-state index in [2.05, 4.69) is 52.0 Å². The van der Waals surface area contributed by atoms with E-state index in [0.717, 1.165) is 57.7 Å². The second-order valence-corrected chi connectivity index (χ2v) is 19.0. The number of rotatable bonds is 20. The molecule has 0 spiro atoms. The molecule has 62 heavy (non-hydrogen) atoms. The molecule has 4 amide bonds. The van der Waals surface area contributed by atoms with Gasteiger partial charge < -0.3 is 31.1 Å². The minimum atomic E-state index is -1.09. The molecule has 3 atom stereocenters. The van der Waals surface area contributed by atoms with Crippen LogP contribution in [0.5, 0.6) is 0 Å². The number of ether oxygens (including phenoxy) is 1. The molecule has 0 bridgehead atoms. The van der Waals surface area contributed by atoms with Crippen molar-refractivity contribution in [2.75, 3.05) is 13.2 Å². The van der Waals surface area contributed by atoms with Crippen molar-refractivity contribution in [3.63, 3.8) is 0 Å². The van der Waals surface area contributed by atoms with Crippen LogP contribution in [-0.2, 0) is 30.4 Å².